The van der Waals surface area contributed by atoms with E-state index in [1.165, 1.54) is 6.20 Å². The molecule has 33 heavy (non-hydrogen) atoms. The third-order valence-corrected chi connectivity index (χ3v) is 7.52. The molecule has 1 fully saturated rings. The summed E-state index contributed by atoms with van der Waals surface area (Å²) in [5.41, 5.74) is 4.62. The normalized spacial score (nSPS) is 23.5. The van der Waals surface area contributed by atoms with Gasteiger partial charge in [0.05, 0.1) is 25.0 Å². The number of aliphatic hydroxyl groups is 1. The topological polar surface area (TPSA) is 262 Å². The van der Waals surface area contributed by atoms with Crippen LogP contribution in [0.5, 0.6) is 0 Å². The number of nitrogens with two attached hydrogens (primary N) is 1. The van der Waals surface area contributed by atoms with Crippen molar-refractivity contribution in [2.45, 2.75) is 24.9 Å². The maximum Gasteiger partial charge on any atom is 1.00 e. The Bertz CT molecular complexity index is 982. The molecule has 0 saturated carbocycles. The van der Waals surface area contributed by atoms with Crippen LogP contribution in [0.2, 0.25) is 0 Å². The van der Waals surface area contributed by atoms with Crippen LogP contribution >= 0.6 is 39.4 Å². The van der Waals surface area contributed by atoms with Crippen LogP contribution in [0.3, 0.4) is 0 Å². The van der Waals surface area contributed by atoms with Gasteiger partial charge in [0.25, 0.3) is 15.6 Å². The first-order valence-electron chi connectivity index (χ1n) is 7.17. The number of anilines is 1. The Balaban J connectivity index is -0.00000225. The predicted molar refractivity (Wildman–Crippen MR) is 86.1 cm³/mol. The number of hydrogen-bond donors (Lipinski definition) is 2. The van der Waals surface area contributed by atoms with Gasteiger partial charge in [0.1, 0.15) is 18.1 Å². The van der Waals surface area contributed by atoms with Gasteiger partial charge in [-0.05, 0) is 15.9 Å². The Morgan fingerprint density at radius 2 is 1.70 bits per heavy atom. The number of phosphoric ester groups is 1. The third-order valence-electron chi connectivity index (χ3n) is 3.25. The van der Waals surface area contributed by atoms with Gasteiger partial charge < -0.3 is 44.2 Å². The van der Waals surface area contributed by atoms with Crippen LogP contribution in [0.1, 0.15) is 12.6 Å². The zero-order valence-electron chi connectivity index (χ0n) is 17.8. The number of hydrogen-bond acceptors (Lipinski definition) is 15. The molecular formula is C9H11BrN3Na4O13P3. The average molecular weight is 634 g/mol. The summed E-state index contributed by atoms with van der Waals surface area (Å²) in [4.78, 5) is 58.5. The molecule has 1 aromatic rings. The van der Waals surface area contributed by atoms with Crippen molar-refractivity contribution in [3.63, 3.8) is 0 Å². The van der Waals surface area contributed by atoms with Gasteiger partial charge in [0.2, 0.25) is 0 Å². The summed E-state index contributed by atoms with van der Waals surface area (Å²) in [6.45, 7) is -0.983. The molecule has 0 amide bonds. The summed E-state index contributed by atoms with van der Waals surface area (Å²) in [6.07, 6.45) is -2.80. The first kappa shape index (κ1) is 41.0. The fraction of sp³-hybridized carbons (Fsp3) is 0.556. The first-order valence-corrected chi connectivity index (χ1v) is 12.3. The van der Waals surface area contributed by atoms with Crippen LogP contribution < -0.4 is 149 Å². The van der Waals surface area contributed by atoms with Gasteiger partial charge in [-0.15, -0.1) is 0 Å². The molecule has 2 heterocycles. The number of aliphatic hydroxyl groups excluding tert-OH is 1. The summed E-state index contributed by atoms with van der Waals surface area (Å²) in [7, 11) is -18.0. The van der Waals surface area contributed by atoms with Crippen molar-refractivity contribution in [3.05, 3.63) is 21.2 Å². The van der Waals surface area contributed by atoms with E-state index in [1.807, 2.05) is 0 Å². The van der Waals surface area contributed by atoms with Crippen LogP contribution in [0.25, 0.3) is 0 Å². The molecule has 0 aliphatic carbocycles. The van der Waals surface area contributed by atoms with E-state index in [2.05, 4.69) is 34.1 Å². The second-order valence-corrected chi connectivity index (χ2v) is 10.5. The number of phosphoric acid groups is 3. The van der Waals surface area contributed by atoms with Gasteiger partial charge in [0.15, 0.2) is 0 Å². The fourth-order valence-corrected chi connectivity index (χ4v) is 5.32. The van der Waals surface area contributed by atoms with Crippen molar-refractivity contribution in [1.82, 2.24) is 9.55 Å². The zero-order valence-corrected chi connectivity index (χ0v) is 30.0. The number of nitrogen functional groups attached to an aromatic ring is 1. The van der Waals surface area contributed by atoms with Crippen molar-refractivity contribution in [3.8, 4) is 0 Å². The molecule has 1 aliphatic heterocycles. The smallest absolute Gasteiger partial charge is 0.790 e. The minimum Gasteiger partial charge on any atom is -0.790 e. The van der Waals surface area contributed by atoms with Crippen molar-refractivity contribution in [2.24, 2.45) is 0 Å². The molecule has 16 nitrogen and oxygen atoms in total. The second kappa shape index (κ2) is 16.6. The van der Waals surface area contributed by atoms with E-state index in [0.29, 0.717) is 0 Å². The van der Waals surface area contributed by atoms with E-state index < -0.39 is 54.2 Å². The summed E-state index contributed by atoms with van der Waals surface area (Å²) in [5.74, 6) is -0.0981. The molecule has 0 bridgehead atoms. The summed E-state index contributed by atoms with van der Waals surface area (Å²) in [6, 6.07) is 0. The Morgan fingerprint density at radius 3 is 2.21 bits per heavy atom. The molecule has 0 radical (unpaired) electrons. The molecule has 24 heteroatoms. The van der Waals surface area contributed by atoms with E-state index in [9.17, 15) is 43.2 Å². The van der Waals surface area contributed by atoms with E-state index >= 15 is 0 Å². The molecule has 0 spiro atoms. The van der Waals surface area contributed by atoms with E-state index in [-0.39, 0.29) is 135 Å². The molecule has 2 unspecified atom stereocenters. The van der Waals surface area contributed by atoms with E-state index in [1.54, 1.807) is 0 Å². The average Bonchev–Trinajstić information content (AvgIpc) is 2.86. The molecule has 0 aromatic carbocycles. The van der Waals surface area contributed by atoms with E-state index in [4.69, 9.17) is 10.5 Å². The molecule has 5 atom stereocenters. The van der Waals surface area contributed by atoms with Crippen molar-refractivity contribution in [1.29, 1.82) is 0 Å². The first-order chi connectivity index (χ1) is 13.1. The Kier molecular flexibility index (Phi) is 20.6. The Hall–Kier alpha value is 3.49. The quantitative estimate of drug-likeness (QED) is 0.199. The molecule has 1 aliphatic rings. The number of nitrogens with zero attached hydrogens (tertiary/aromatic N) is 2. The van der Waals surface area contributed by atoms with Gasteiger partial charge in [-0.1, -0.05) is 0 Å². The zero-order chi connectivity index (χ0) is 22.2. The van der Waals surface area contributed by atoms with Gasteiger partial charge in [-0.3, -0.25) is 18.0 Å². The van der Waals surface area contributed by atoms with Crippen LogP contribution in [0.4, 0.5) is 5.82 Å². The van der Waals surface area contributed by atoms with Crippen molar-refractivity contribution >= 4 is 45.2 Å². The van der Waals surface area contributed by atoms with E-state index in [0.717, 1.165) is 4.57 Å². The standard InChI is InChI=1S/C9H15BrN3O13P3.4Na/c10-4-2-13(9(15)12-8(4)11)7-1-5(14)6(24-7)3-23-28(19,20)26-29(21,22)25-27(16,17)18;;;;/h2,5-7,14H,1,3H2,(H,19,20)(H,21,22)(H2,11,12,15)(H2,16,17,18);;;;/q;4*+1/p-4/t5-,6+,7+;;;;/m0..../s1. The summed E-state index contributed by atoms with van der Waals surface area (Å²) >= 11 is 3.05. The Labute approximate surface area is 283 Å². The third kappa shape index (κ3) is 13.9. The van der Waals surface area contributed by atoms with Crippen molar-refractivity contribution < 1.29 is 174 Å². The molecule has 1 saturated heterocycles. The number of aromatic nitrogens is 2. The van der Waals surface area contributed by atoms with Gasteiger partial charge >= 0.3 is 124 Å². The SMILES string of the molecule is Nc1nc(=O)n([C@H]2C[C@H](O)[C@@H](COP(=O)([O-])OP(=O)([O-])OP(=O)([O-])[O-])O2)cc1Br.[Na+].[Na+].[Na+].[Na+]. The Morgan fingerprint density at radius 1 is 1.15 bits per heavy atom. The van der Waals surface area contributed by atoms with Crippen LogP contribution in [-0.4, -0.2) is 33.5 Å². The molecular weight excluding hydrogens is 623 g/mol. The molecule has 1 aromatic heterocycles. The maximum absolute atomic E-state index is 11.9. The fourth-order valence-electron chi connectivity index (χ4n) is 2.15. The number of rotatable bonds is 8. The van der Waals surface area contributed by atoms with Gasteiger partial charge in [-0.25, -0.2) is 9.11 Å². The minimum absolute atomic E-state index is 0. The van der Waals surface area contributed by atoms with Crippen molar-refractivity contribution in [2.75, 3.05) is 12.3 Å². The van der Waals surface area contributed by atoms with Gasteiger partial charge in [0, 0.05) is 12.6 Å². The minimum atomic E-state index is -6.11. The molecule has 3 N–H and O–H groups in total. The van der Waals surface area contributed by atoms with Crippen LogP contribution in [-0.2, 0) is 31.6 Å². The van der Waals surface area contributed by atoms with Crippen LogP contribution in [0, 0.1) is 0 Å². The number of halogens is 1. The number of ether oxygens (including phenoxy) is 1. The largest absolute Gasteiger partial charge is 1.00 e. The molecule has 2 rings (SSSR count). The van der Waals surface area contributed by atoms with Crippen LogP contribution in [0.15, 0.2) is 15.5 Å². The summed E-state index contributed by atoms with van der Waals surface area (Å²) < 4.78 is 49.9. The maximum atomic E-state index is 11.9. The monoisotopic (exact) mass is 633 g/mol. The predicted octanol–water partition coefficient (Wildman–Crippen LogP) is -14.9. The summed E-state index contributed by atoms with van der Waals surface area (Å²) in [5, 5.41) is 9.95. The van der Waals surface area contributed by atoms with Gasteiger partial charge in [-0.2, -0.15) is 4.98 Å². The molecule has 166 valence electrons. The second-order valence-electron chi connectivity index (χ2n) is 5.40.